The number of hydrogen-bond donors (Lipinski definition) is 2. The molecule has 0 bridgehead atoms. The van der Waals surface area contributed by atoms with Crippen molar-refractivity contribution in [2.45, 2.75) is 25.7 Å². The van der Waals surface area contributed by atoms with Crippen LogP contribution in [-0.2, 0) is 11.2 Å². The lowest BCUT2D eigenvalue weighted by Gasteiger charge is -2.09. The molecule has 1 aliphatic rings. The number of nitrogens with zero attached hydrogens (tertiary/aromatic N) is 2. The molecule has 2 aromatic rings. The van der Waals surface area contributed by atoms with Gasteiger partial charge < -0.3 is 10.1 Å². The molecule has 0 aromatic carbocycles. The predicted molar refractivity (Wildman–Crippen MR) is 81.8 cm³/mol. The van der Waals surface area contributed by atoms with E-state index in [0.29, 0.717) is 18.7 Å². The average Bonchev–Trinajstić information content (AvgIpc) is 3.19. The number of carbonyl (C=O) groups is 1. The molecule has 6 heteroatoms. The van der Waals surface area contributed by atoms with Crippen LogP contribution in [0.4, 0.5) is 0 Å². The van der Waals surface area contributed by atoms with E-state index in [1.54, 1.807) is 6.20 Å². The number of pyridine rings is 1. The molecule has 1 fully saturated rings. The molecular weight excluding hydrogens is 280 g/mol. The quantitative estimate of drug-likeness (QED) is 0.879. The third-order valence-electron chi connectivity index (χ3n) is 3.92. The minimum Gasteiger partial charge on any atom is -0.381 e. The Morgan fingerprint density at radius 1 is 1.45 bits per heavy atom. The summed E-state index contributed by atoms with van der Waals surface area (Å²) in [5, 5.41) is 9.90. The van der Waals surface area contributed by atoms with Gasteiger partial charge in [0.1, 0.15) is 0 Å². The van der Waals surface area contributed by atoms with Gasteiger partial charge in [-0.3, -0.25) is 14.9 Å². The maximum atomic E-state index is 12.3. The predicted octanol–water partition coefficient (Wildman–Crippen LogP) is 1.59. The van der Waals surface area contributed by atoms with E-state index in [2.05, 4.69) is 20.5 Å². The highest BCUT2D eigenvalue weighted by atomic mass is 16.5. The molecule has 0 spiro atoms. The topological polar surface area (TPSA) is 79.9 Å². The third-order valence-corrected chi connectivity index (χ3v) is 3.92. The van der Waals surface area contributed by atoms with Crippen molar-refractivity contribution in [1.82, 2.24) is 20.5 Å². The van der Waals surface area contributed by atoms with Crippen molar-refractivity contribution >= 4 is 5.91 Å². The van der Waals surface area contributed by atoms with E-state index >= 15 is 0 Å². The lowest BCUT2D eigenvalue weighted by atomic mass is 10.0. The van der Waals surface area contributed by atoms with Gasteiger partial charge in [0.05, 0.1) is 24.1 Å². The van der Waals surface area contributed by atoms with E-state index in [0.717, 1.165) is 36.4 Å². The van der Waals surface area contributed by atoms with Crippen LogP contribution in [0.1, 0.15) is 39.6 Å². The highest BCUT2D eigenvalue weighted by Gasteiger charge is 2.24. The third kappa shape index (κ3) is 3.33. The normalized spacial score (nSPS) is 17.6. The zero-order valence-corrected chi connectivity index (χ0v) is 12.6. The van der Waals surface area contributed by atoms with Gasteiger partial charge >= 0.3 is 0 Å². The molecule has 1 aliphatic heterocycles. The minimum atomic E-state index is -0.0873. The maximum Gasteiger partial charge on any atom is 0.254 e. The van der Waals surface area contributed by atoms with Gasteiger partial charge in [-0.1, -0.05) is 6.07 Å². The maximum absolute atomic E-state index is 12.3. The van der Waals surface area contributed by atoms with Gasteiger partial charge in [-0.05, 0) is 31.4 Å². The van der Waals surface area contributed by atoms with Crippen LogP contribution in [0.15, 0.2) is 24.5 Å². The summed E-state index contributed by atoms with van der Waals surface area (Å²) in [6.07, 6.45) is 5.13. The highest BCUT2D eigenvalue weighted by molar-refractivity contribution is 5.95. The summed E-state index contributed by atoms with van der Waals surface area (Å²) < 4.78 is 5.38. The van der Waals surface area contributed by atoms with Crippen molar-refractivity contribution in [3.05, 3.63) is 47.0 Å². The Bertz CT molecular complexity index is 630. The summed E-state index contributed by atoms with van der Waals surface area (Å²) in [4.78, 5) is 16.6. The highest BCUT2D eigenvalue weighted by Crippen LogP contribution is 2.25. The van der Waals surface area contributed by atoms with Gasteiger partial charge in [-0.2, -0.15) is 5.10 Å². The van der Waals surface area contributed by atoms with Crippen LogP contribution in [0.2, 0.25) is 0 Å². The number of aromatic amines is 1. The number of amides is 1. The second-order valence-electron chi connectivity index (χ2n) is 5.57. The Kier molecular flexibility index (Phi) is 4.48. The lowest BCUT2D eigenvalue weighted by Crippen LogP contribution is -2.26. The van der Waals surface area contributed by atoms with E-state index in [9.17, 15) is 4.79 Å². The number of ether oxygens (including phenoxy) is 1. The Balaban J connectivity index is 1.56. The van der Waals surface area contributed by atoms with E-state index in [1.807, 2.05) is 25.3 Å². The van der Waals surface area contributed by atoms with Crippen molar-refractivity contribution in [2.24, 2.45) is 0 Å². The monoisotopic (exact) mass is 300 g/mol. The molecule has 2 aromatic heterocycles. The number of aromatic nitrogens is 3. The molecule has 2 N–H and O–H groups in total. The molecule has 1 atom stereocenters. The van der Waals surface area contributed by atoms with Crippen molar-refractivity contribution in [1.29, 1.82) is 0 Å². The van der Waals surface area contributed by atoms with Gasteiger partial charge in [0.25, 0.3) is 5.91 Å². The molecule has 1 saturated heterocycles. The molecule has 22 heavy (non-hydrogen) atoms. The molecule has 1 amide bonds. The number of nitrogens with one attached hydrogen (secondary N) is 2. The van der Waals surface area contributed by atoms with E-state index in [1.165, 1.54) is 0 Å². The molecular formula is C16H20N4O2. The smallest absolute Gasteiger partial charge is 0.254 e. The van der Waals surface area contributed by atoms with Crippen LogP contribution in [0, 0.1) is 6.92 Å². The fourth-order valence-corrected chi connectivity index (χ4v) is 2.61. The van der Waals surface area contributed by atoms with Crippen molar-refractivity contribution in [2.75, 3.05) is 19.8 Å². The standard InChI is InChI=1S/C16H20N4O2/c1-11-2-3-12(8-18-11)4-6-17-16(21)14-9-19-20-15(14)13-5-7-22-10-13/h2-3,8-9,13H,4-7,10H2,1H3,(H,17,21)(H,19,20)/t13-/m0/s1. The summed E-state index contributed by atoms with van der Waals surface area (Å²) >= 11 is 0. The van der Waals surface area contributed by atoms with Crippen LogP contribution in [0.5, 0.6) is 0 Å². The second-order valence-corrected chi connectivity index (χ2v) is 5.57. The zero-order valence-electron chi connectivity index (χ0n) is 12.6. The number of carbonyl (C=O) groups excluding carboxylic acids is 1. The summed E-state index contributed by atoms with van der Waals surface area (Å²) in [5.41, 5.74) is 3.61. The van der Waals surface area contributed by atoms with Crippen LogP contribution in [-0.4, -0.2) is 40.8 Å². The molecule has 0 saturated carbocycles. The van der Waals surface area contributed by atoms with Crippen LogP contribution in [0.3, 0.4) is 0 Å². The first-order chi connectivity index (χ1) is 10.7. The van der Waals surface area contributed by atoms with Crippen molar-refractivity contribution < 1.29 is 9.53 Å². The first-order valence-corrected chi connectivity index (χ1v) is 7.55. The van der Waals surface area contributed by atoms with Crippen LogP contribution < -0.4 is 5.32 Å². The Hall–Kier alpha value is -2.21. The lowest BCUT2D eigenvalue weighted by molar-refractivity contribution is 0.0952. The van der Waals surface area contributed by atoms with Crippen LogP contribution >= 0.6 is 0 Å². The first-order valence-electron chi connectivity index (χ1n) is 7.55. The number of rotatable bonds is 5. The number of H-pyrrole nitrogens is 1. The molecule has 3 heterocycles. The van der Waals surface area contributed by atoms with Gasteiger partial charge in [-0.15, -0.1) is 0 Å². The summed E-state index contributed by atoms with van der Waals surface area (Å²) in [7, 11) is 0. The Labute approximate surface area is 129 Å². The zero-order chi connectivity index (χ0) is 15.4. The fraction of sp³-hybridized carbons (Fsp3) is 0.438. The SMILES string of the molecule is Cc1ccc(CCNC(=O)c2cn[nH]c2[C@H]2CCOC2)cn1. The molecule has 0 unspecified atom stereocenters. The van der Waals surface area contributed by atoms with Gasteiger partial charge in [-0.25, -0.2) is 0 Å². The second kappa shape index (κ2) is 6.70. The Morgan fingerprint density at radius 3 is 3.09 bits per heavy atom. The molecule has 3 rings (SSSR count). The average molecular weight is 300 g/mol. The fourth-order valence-electron chi connectivity index (χ4n) is 2.61. The van der Waals surface area contributed by atoms with E-state index < -0.39 is 0 Å². The number of hydrogen-bond acceptors (Lipinski definition) is 4. The summed E-state index contributed by atoms with van der Waals surface area (Å²) in [5.74, 6) is 0.153. The Morgan fingerprint density at radius 2 is 2.36 bits per heavy atom. The van der Waals surface area contributed by atoms with Crippen molar-refractivity contribution in [3.8, 4) is 0 Å². The first kappa shape index (κ1) is 14.7. The summed E-state index contributed by atoms with van der Waals surface area (Å²) in [6.45, 7) is 3.93. The number of aryl methyl sites for hydroxylation is 1. The molecule has 116 valence electrons. The largest absolute Gasteiger partial charge is 0.381 e. The minimum absolute atomic E-state index is 0.0873. The van der Waals surface area contributed by atoms with E-state index in [4.69, 9.17) is 4.74 Å². The van der Waals surface area contributed by atoms with Gasteiger partial charge in [0.2, 0.25) is 0 Å². The van der Waals surface area contributed by atoms with Gasteiger partial charge in [0.15, 0.2) is 0 Å². The molecule has 0 aliphatic carbocycles. The summed E-state index contributed by atoms with van der Waals surface area (Å²) in [6, 6.07) is 4.01. The van der Waals surface area contributed by atoms with Crippen molar-refractivity contribution in [3.63, 3.8) is 0 Å². The molecule has 0 radical (unpaired) electrons. The van der Waals surface area contributed by atoms with E-state index in [-0.39, 0.29) is 11.8 Å². The molecule has 6 nitrogen and oxygen atoms in total. The van der Waals surface area contributed by atoms with Crippen LogP contribution in [0.25, 0.3) is 0 Å². The van der Waals surface area contributed by atoms with Gasteiger partial charge in [0, 0.05) is 31.0 Å².